The molecule has 0 radical (unpaired) electrons. The second-order valence-electron chi connectivity index (χ2n) is 6.43. The van der Waals surface area contributed by atoms with Crippen LogP contribution in [0.25, 0.3) is 0 Å². The van der Waals surface area contributed by atoms with Gasteiger partial charge in [-0.15, -0.1) is 24.0 Å². The van der Waals surface area contributed by atoms with Crippen LogP contribution >= 0.6 is 24.0 Å². The van der Waals surface area contributed by atoms with Gasteiger partial charge in [-0.25, -0.2) is 8.42 Å². The third-order valence-electron chi connectivity index (χ3n) is 4.21. The molecule has 6 nitrogen and oxygen atoms in total. The van der Waals surface area contributed by atoms with Crippen molar-refractivity contribution in [1.82, 2.24) is 10.2 Å². The van der Waals surface area contributed by atoms with Crippen LogP contribution in [0.2, 0.25) is 0 Å². The van der Waals surface area contributed by atoms with E-state index in [4.69, 9.17) is 4.74 Å². The lowest BCUT2D eigenvalue weighted by atomic mass is 10.2. The Bertz CT molecular complexity index is 856. The molecular formula is C21H30IN3O3S. The molecule has 0 saturated carbocycles. The van der Waals surface area contributed by atoms with E-state index in [-0.39, 0.29) is 29.7 Å². The van der Waals surface area contributed by atoms with Gasteiger partial charge in [0.15, 0.2) is 15.8 Å². The Balaban J connectivity index is 0.00000420. The van der Waals surface area contributed by atoms with E-state index >= 15 is 0 Å². The summed E-state index contributed by atoms with van der Waals surface area (Å²) < 4.78 is 29.9. The van der Waals surface area contributed by atoms with Gasteiger partial charge in [0.25, 0.3) is 0 Å². The molecule has 0 bridgehead atoms. The fraction of sp³-hybridized carbons (Fsp3) is 0.381. The SMILES string of the molecule is CCNC(=NCCCS(=O)(=O)c1ccccc1)N(C)Cc1ccc(OC)cc1.I. The lowest BCUT2D eigenvalue weighted by Crippen LogP contribution is -2.38. The number of halogens is 1. The molecule has 8 heteroatoms. The van der Waals surface area contributed by atoms with Crippen molar-refractivity contribution in [2.24, 2.45) is 4.99 Å². The van der Waals surface area contributed by atoms with Crippen molar-refractivity contribution in [3.63, 3.8) is 0 Å². The number of rotatable bonds is 9. The van der Waals surface area contributed by atoms with Crippen LogP contribution in [0.5, 0.6) is 5.75 Å². The third-order valence-corrected chi connectivity index (χ3v) is 6.03. The number of ether oxygens (including phenoxy) is 1. The zero-order valence-corrected chi connectivity index (χ0v) is 20.3. The summed E-state index contributed by atoms with van der Waals surface area (Å²) in [6.07, 6.45) is 0.475. The van der Waals surface area contributed by atoms with Crippen LogP contribution in [0, 0.1) is 0 Å². The van der Waals surface area contributed by atoms with E-state index in [9.17, 15) is 8.42 Å². The Morgan fingerprint density at radius 2 is 1.76 bits per heavy atom. The van der Waals surface area contributed by atoms with Gasteiger partial charge >= 0.3 is 0 Å². The molecule has 0 aliphatic rings. The summed E-state index contributed by atoms with van der Waals surface area (Å²) in [5.74, 6) is 1.67. The van der Waals surface area contributed by atoms with Gasteiger partial charge < -0.3 is 15.0 Å². The summed E-state index contributed by atoms with van der Waals surface area (Å²) in [5.41, 5.74) is 1.14. The highest BCUT2D eigenvalue weighted by Crippen LogP contribution is 2.13. The number of benzene rings is 2. The first-order valence-corrected chi connectivity index (χ1v) is 11.0. The lowest BCUT2D eigenvalue weighted by Gasteiger charge is -2.22. The topological polar surface area (TPSA) is 71.0 Å². The van der Waals surface area contributed by atoms with Crippen LogP contribution in [0.1, 0.15) is 18.9 Å². The van der Waals surface area contributed by atoms with Gasteiger partial charge in [0.1, 0.15) is 5.75 Å². The minimum absolute atomic E-state index is 0. The molecule has 0 atom stereocenters. The molecule has 160 valence electrons. The monoisotopic (exact) mass is 531 g/mol. The molecule has 29 heavy (non-hydrogen) atoms. The van der Waals surface area contributed by atoms with Gasteiger partial charge in [-0.2, -0.15) is 0 Å². The van der Waals surface area contributed by atoms with Gasteiger partial charge in [-0.1, -0.05) is 30.3 Å². The number of aliphatic imine (C=N–C) groups is 1. The predicted octanol–water partition coefficient (Wildman–Crippen LogP) is 3.57. The average Bonchev–Trinajstić information content (AvgIpc) is 2.71. The normalized spacial score (nSPS) is 11.5. The van der Waals surface area contributed by atoms with Crippen molar-refractivity contribution >= 4 is 39.8 Å². The number of hydrogen-bond acceptors (Lipinski definition) is 4. The van der Waals surface area contributed by atoms with Gasteiger partial charge in [0.05, 0.1) is 17.8 Å². The molecule has 0 unspecified atom stereocenters. The fourth-order valence-corrected chi connectivity index (χ4v) is 4.05. The molecule has 2 aromatic carbocycles. The van der Waals surface area contributed by atoms with Crippen LogP contribution in [0.15, 0.2) is 64.5 Å². The Morgan fingerprint density at radius 1 is 1.10 bits per heavy atom. The largest absolute Gasteiger partial charge is 0.497 e. The van der Waals surface area contributed by atoms with Crippen LogP contribution in [0.3, 0.4) is 0 Å². The maximum absolute atomic E-state index is 12.3. The van der Waals surface area contributed by atoms with Crippen molar-refractivity contribution < 1.29 is 13.2 Å². The Morgan fingerprint density at radius 3 is 2.34 bits per heavy atom. The smallest absolute Gasteiger partial charge is 0.193 e. The number of methoxy groups -OCH3 is 1. The van der Waals surface area contributed by atoms with E-state index in [1.807, 2.05) is 49.2 Å². The molecule has 0 saturated heterocycles. The van der Waals surface area contributed by atoms with Crippen LogP contribution in [0.4, 0.5) is 0 Å². The molecular weight excluding hydrogens is 501 g/mol. The maximum Gasteiger partial charge on any atom is 0.193 e. The van der Waals surface area contributed by atoms with Gasteiger partial charge in [-0.3, -0.25) is 4.99 Å². The zero-order chi connectivity index (χ0) is 20.4. The molecule has 0 amide bonds. The lowest BCUT2D eigenvalue weighted by molar-refractivity contribution is 0.414. The number of guanidine groups is 1. The fourth-order valence-electron chi connectivity index (χ4n) is 2.73. The molecule has 0 aliphatic carbocycles. The molecule has 0 aliphatic heterocycles. The van der Waals surface area contributed by atoms with Crippen LogP contribution in [-0.2, 0) is 16.4 Å². The van der Waals surface area contributed by atoms with Gasteiger partial charge in [0.2, 0.25) is 0 Å². The zero-order valence-electron chi connectivity index (χ0n) is 17.2. The molecule has 2 rings (SSSR count). The van der Waals surface area contributed by atoms with Crippen molar-refractivity contribution in [1.29, 1.82) is 0 Å². The summed E-state index contributed by atoms with van der Waals surface area (Å²) >= 11 is 0. The number of hydrogen-bond donors (Lipinski definition) is 1. The minimum atomic E-state index is -3.26. The standard InChI is InChI=1S/C21H29N3O3S.HI/c1-4-22-21(24(2)17-18-11-13-19(27-3)14-12-18)23-15-8-16-28(25,26)20-9-6-5-7-10-20;/h5-7,9-14H,4,8,15-17H2,1-3H3,(H,22,23);1H. The predicted molar refractivity (Wildman–Crippen MR) is 129 cm³/mol. The summed E-state index contributed by atoms with van der Waals surface area (Å²) in [7, 11) is 0.352. The Kier molecular flexibility index (Phi) is 11.0. The first-order valence-electron chi connectivity index (χ1n) is 9.36. The van der Waals surface area contributed by atoms with E-state index in [1.54, 1.807) is 31.4 Å². The highest BCUT2D eigenvalue weighted by molar-refractivity contribution is 14.0. The second kappa shape index (κ2) is 12.7. The van der Waals surface area contributed by atoms with Gasteiger partial charge in [0, 0.05) is 26.7 Å². The van der Waals surface area contributed by atoms with Crippen molar-refractivity contribution in [2.45, 2.75) is 24.8 Å². The molecule has 0 spiro atoms. The quantitative estimate of drug-likeness (QED) is 0.232. The highest BCUT2D eigenvalue weighted by atomic mass is 127. The molecule has 2 aromatic rings. The van der Waals surface area contributed by atoms with Crippen molar-refractivity contribution in [3.05, 3.63) is 60.2 Å². The second-order valence-corrected chi connectivity index (χ2v) is 8.53. The number of nitrogens with zero attached hydrogens (tertiary/aromatic N) is 2. The molecule has 0 aromatic heterocycles. The van der Waals surface area contributed by atoms with Gasteiger partial charge in [-0.05, 0) is 43.2 Å². The van der Waals surface area contributed by atoms with E-state index in [2.05, 4.69) is 10.3 Å². The first-order chi connectivity index (χ1) is 13.5. The van der Waals surface area contributed by atoms with Crippen LogP contribution < -0.4 is 10.1 Å². The van der Waals surface area contributed by atoms with E-state index in [0.29, 0.717) is 24.4 Å². The third kappa shape index (κ3) is 8.22. The van der Waals surface area contributed by atoms with Crippen molar-refractivity contribution in [2.75, 3.05) is 33.0 Å². The number of nitrogens with one attached hydrogen (secondary N) is 1. The summed E-state index contributed by atoms with van der Waals surface area (Å²) in [4.78, 5) is 6.97. The first kappa shape index (κ1) is 25.2. The number of sulfone groups is 1. The summed E-state index contributed by atoms with van der Waals surface area (Å²) in [6, 6.07) is 16.5. The highest BCUT2D eigenvalue weighted by Gasteiger charge is 2.13. The summed E-state index contributed by atoms with van der Waals surface area (Å²) in [5, 5.41) is 3.26. The van der Waals surface area contributed by atoms with Crippen LogP contribution in [-0.4, -0.2) is 52.3 Å². The molecule has 0 heterocycles. The van der Waals surface area contributed by atoms with E-state index in [0.717, 1.165) is 23.8 Å². The Labute approximate surface area is 191 Å². The maximum atomic E-state index is 12.3. The van der Waals surface area contributed by atoms with E-state index in [1.165, 1.54) is 0 Å². The summed E-state index contributed by atoms with van der Waals surface area (Å²) in [6.45, 7) is 3.89. The van der Waals surface area contributed by atoms with Crippen molar-refractivity contribution in [3.8, 4) is 5.75 Å². The van der Waals surface area contributed by atoms with E-state index < -0.39 is 9.84 Å². The molecule has 0 fully saturated rings. The Hall–Kier alpha value is -1.81. The minimum Gasteiger partial charge on any atom is -0.497 e. The average molecular weight is 531 g/mol. The molecule has 1 N–H and O–H groups in total.